The average molecular weight is 422 g/mol. The number of amides is 2. The lowest BCUT2D eigenvalue weighted by Crippen LogP contribution is -2.38. The smallest absolute Gasteiger partial charge is 0.290 e. The van der Waals surface area contributed by atoms with Crippen LogP contribution >= 0.6 is 11.8 Å². The Morgan fingerprint density at radius 2 is 2.00 bits per heavy atom. The van der Waals surface area contributed by atoms with Crippen LogP contribution in [0.15, 0.2) is 17.2 Å². The van der Waals surface area contributed by atoms with Gasteiger partial charge in [0.25, 0.3) is 11.1 Å². The number of anilines is 1. The molecule has 10 heteroatoms. The summed E-state index contributed by atoms with van der Waals surface area (Å²) in [5.74, 6) is 0.153. The molecule has 0 unspecified atom stereocenters. The molecule has 1 saturated heterocycles. The first kappa shape index (κ1) is 21.7. The molecule has 0 atom stereocenters. The predicted octanol–water partition coefficient (Wildman–Crippen LogP) is 1.78. The Bertz CT molecular complexity index is 737. The van der Waals surface area contributed by atoms with E-state index in [2.05, 4.69) is 25.9 Å². The molecule has 2 fully saturated rings. The number of hydrogen-bond acceptors (Lipinski definition) is 9. The molecule has 9 nitrogen and oxygen atoms in total. The van der Waals surface area contributed by atoms with Crippen LogP contribution in [0.5, 0.6) is 0 Å². The van der Waals surface area contributed by atoms with Crippen molar-refractivity contribution in [2.24, 2.45) is 0 Å². The molecule has 0 radical (unpaired) electrons. The van der Waals surface area contributed by atoms with E-state index in [-0.39, 0.29) is 11.1 Å². The number of imide groups is 1. The van der Waals surface area contributed by atoms with Crippen LogP contribution in [0.4, 0.5) is 10.7 Å². The van der Waals surface area contributed by atoms with Crippen molar-refractivity contribution in [3.8, 4) is 0 Å². The van der Waals surface area contributed by atoms with Gasteiger partial charge < -0.3 is 20.1 Å². The predicted molar refractivity (Wildman–Crippen MR) is 112 cm³/mol. The van der Waals surface area contributed by atoms with Gasteiger partial charge in [0.2, 0.25) is 5.95 Å². The normalized spacial score (nSPS) is 23.4. The third-order valence-electron chi connectivity index (χ3n) is 4.77. The maximum Gasteiger partial charge on any atom is 0.290 e. The Hall–Kier alpha value is -2.01. The minimum atomic E-state index is -0.386. The van der Waals surface area contributed by atoms with Crippen molar-refractivity contribution >= 4 is 34.9 Å². The summed E-state index contributed by atoms with van der Waals surface area (Å²) in [5.41, 5.74) is 0.596. The number of aromatic nitrogens is 2. The molecule has 0 aromatic carbocycles. The second-order valence-corrected chi connectivity index (χ2v) is 7.92. The second kappa shape index (κ2) is 11.2. The number of carbonyl (C=O) groups excluding carboxylic acids is 2. The lowest BCUT2D eigenvalue weighted by Gasteiger charge is -2.29. The van der Waals surface area contributed by atoms with Crippen LogP contribution < -0.4 is 16.0 Å². The van der Waals surface area contributed by atoms with Gasteiger partial charge in [-0.3, -0.25) is 14.9 Å². The maximum atomic E-state index is 11.7. The zero-order valence-corrected chi connectivity index (χ0v) is 17.3. The summed E-state index contributed by atoms with van der Waals surface area (Å²) < 4.78 is 10.4. The fourth-order valence-electron chi connectivity index (χ4n) is 3.28. The Balaban J connectivity index is 1.41. The standard InChI is InChI=1S/C19H27N5O4S/c1-27-10-11-28-9-8-20-13-2-4-14(5-3-13)22-18-21-7-6-15(23-18)12-16-17(25)24-19(26)29-16/h6-7,12-14,20H,2-5,8-11H2,1H3,(H,21,22,23)(H,24,25,26)/b16-12+. The lowest BCUT2D eigenvalue weighted by molar-refractivity contribution is -0.115. The number of nitrogens with one attached hydrogen (secondary N) is 3. The van der Waals surface area contributed by atoms with Crippen molar-refractivity contribution in [1.29, 1.82) is 0 Å². The largest absolute Gasteiger partial charge is 0.382 e. The minimum Gasteiger partial charge on any atom is -0.382 e. The molecule has 2 aliphatic rings. The zero-order chi connectivity index (χ0) is 20.5. The number of rotatable bonds is 10. The van der Waals surface area contributed by atoms with Crippen molar-refractivity contribution in [3.63, 3.8) is 0 Å². The third-order valence-corrected chi connectivity index (χ3v) is 5.58. The fourth-order valence-corrected chi connectivity index (χ4v) is 3.95. The van der Waals surface area contributed by atoms with Gasteiger partial charge in [0, 0.05) is 31.9 Å². The summed E-state index contributed by atoms with van der Waals surface area (Å²) >= 11 is 0.881. The van der Waals surface area contributed by atoms with Crippen molar-refractivity contribution < 1.29 is 19.1 Å². The molecular formula is C19H27N5O4S. The van der Waals surface area contributed by atoms with E-state index >= 15 is 0 Å². The van der Waals surface area contributed by atoms with Crippen LogP contribution in [0.25, 0.3) is 6.08 Å². The molecule has 158 valence electrons. The summed E-state index contributed by atoms with van der Waals surface area (Å²) in [4.78, 5) is 32.0. The number of nitrogens with zero attached hydrogens (tertiary/aromatic N) is 2. The molecule has 0 spiro atoms. The van der Waals surface area contributed by atoms with Gasteiger partial charge in [0.05, 0.1) is 30.4 Å². The fraction of sp³-hybridized carbons (Fsp3) is 0.579. The highest BCUT2D eigenvalue weighted by molar-refractivity contribution is 8.18. The van der Waals surface area contributed by atoms with Gasteiger partial charge in [0.1, 0.15) is 0 Å². The summed E-state index contributed by atoms with van der Waals surface area (Å²) in [5, 5.41) is 8.80. The number of thioether (sulfide) groups is 1. The summed E-state index contributed by atoms with van der Waals surface area (Å²) in [7, 11) is 1.67. The van der Waals surface area contributed by atoms with Gasteiger partial charge in [0.15, 0.2) is 0 Å². The minimum absolute atomic E-state index is 0.319. The summed E-state index contributed by atoms with van der Waals surface area (Å²) in [6, 6.07) is 2.54. The van der Waals surface area contributed by atoms with Crippen LogP contribution in [0.1, 0.15) is 31.4 Å². The number of carbonyl (C=O) groups is 2. The van der Waals surface area contributed by atoms with Crippen LogP contribution in [0, 0.1) is 0 Å². The molecule has 1 aromatic heterocycles. The first-order valence-corrected chi connectivity index (χ1v) is 10.6. The SMILES string of the molecule is COCCOCCNC1CCC(Nc2nccc(/C=C3/SC(=O)NC3=O)n2)CC1. The van der Waals surface area contributed by atoms with Crippen molar-refractivity contribution in [3.05, 3.63) is 22.9 Å². The van der Waals surface area contributed by atoms with Gasteiger partial charge in [-0.1, -0.05) is 0 Å². The zero-order valence-electron chi connectivity index (χ0n) is 16.5. The molecule has 3 N–H and O–H groups in total. The molecule has 29 heavy (non-hydrogen) atoms. The second-order valence-electron chi connectivity index (χ2n) is 6.91. The van der Waals surface area contributed by atoms with Gasteiger partial charge in [-0.15, -0.1) is 0 Å². The van der Waals surface area contributed by atoms with Crippen molar-refractivity contribution in [1.82, 2.24) is 20.6 Å². The molecule has 1 aliphatic heterocycles. The van der Waals surface area contributed by atoms with E-state index in [0.29, 0.717) is 48.5 Å². The van der Waals surface area contributed by atoms with Crippen LogP contribution in [0.3, 0.4) is 0 Å². The van der Waals surface area contributed by atoms with E-state index in [0.717, 1.165) is 44.0 Å². The molecule has 1 saturated carbocycles. The van der Waals surface area contributed by atoms with Gasteiger partial charge in [-0.05, 0) is 49.6 Å². The molecule has 2 heterocycles. The van der Waals surface area contributed by atoms with Gasteiger partial charge >= 0.3 is 0 Å². The van der Waals surface area contributed by atoms with E-state index in [1.165, 1.54) is 0 Å². The monoisotopic (exact) mass is 421 g/mol. The highest BCUT2D eigenvalue weighted by atomic mass is 32.2. The van der Waals surface area contributed by atoms with Gasteiger partial charge in [-0.25, -0.2) is 9.97 Å². The summed E-state index contributed by atoms with van der Waals surface area (Å²) in [6.45, 7) is 2.80. The van der Waals surface area contributed by atoms with E-state index in [4.69, 9.17) is 9.47 Å². The Morgan fingerprint density at radius 3 is 2.72 bits per heavy atom. The van der Waals surface area contributed by atoms with Crippen molar-refractivity contribution in [2.75, 3.05) is 38.8 Å². The number of ether oxygens (including phenoxy) is 2. The topological polar surface area (TPSA) is 114 Å². The lowest BCUT2D eigenvalue weighted by atomic mass is 9.91. The maximum absolute atomic E-state index is 11.7. The van der Waals surface area contributed by atoms with E-state index in [1.807, 2.05) is 0 Å². The van der Waals surface area contributed by atoms with Gasteiger partial charge in [-0.2, -0.15) is 0 Å². The van der Waals surface area contributed by atoms with Crippen molar-refractivity contribution in [2.45, 2.75) is 37.8 Å². The average Bonchev–Trinajstić information content (AvgIpc) is 3.03. The van der Waals surface area contributed by atoms with E-state index in [9.17, 15) is 9.59 Å². The highest BCUT2D eigenvalue weighted by Gasteiger charge is 2.25. The molecule has 1 aromatic rings. The van der Waals surface area contributed by atoms with E-state index < -0.39 is 0 Å². The molecule has 3 rings (SSSR count). The highest BCUT2D eigenvalue weighted by Crippen LogP contribution is 2.25. The number of hydrogen-bond donors (Lipinski definition) is 3. The first-order valence-electron chi connectivity index (χ1n) is 9.78. The summed E-state index contributed by atoms with van der Waals surface area (Å²) in [6.07, 6.45) is 7.48. The Morgan fingerprint density at radius 1 is 1.21 bits per heavy atom. The third kappa shape index (κ3) is 7.07. The molecule has 2 amide bonds. The molecule has 0 bridgehead atoms. The van der Waals surface area contributed by atoms with E-state index in [1.54, 1.807) is 25.4 Å². The van der Waals surface area contributed by atoms with Crippen LogP contribution in [-0.2, 0) is 14.3 Å². The Kier molecular flexibility index (Phi) is 8.41. The quantitative estimate of drug-likeness (QED) is 0.384. The molecular weight excluding hydrogens is 394 g/mol. The first-order chi connectivity index (χ1) is 14.1. The molecule has 1 aliphatic carbocycles. The Labute approximate surface area is 174 Å². The van der Waals surface area contributed by atoms with Crippen LogP contribution in [-0.4, -0.2) is 66.7 Å². The van der Waals surface area contributed by atoms with Crippen LogP contribution in [0.2, 0.25) is 0 Å². The number of methoxy groups -OCH3 is 1.